The second-order valence-electron chi connectivity index (χ2n) is 3.81. The highest BCUT2D eigenvalue weighted by atomic mass is 79.9. The third-order valence-corrected chi connectivity index (χ3v) is 3.08. The number of rotatable bonds is 6. The molecule has 0 saturated carbocycles. The zero-order valence-electron chi connectivity index (χ0n) is 9.55. The highest BCUT2D eigenvalue weighted by molar-refractivity contribution is 9.10. The van der Waals surface area contributed by atoms with Crippen molar-refractivity contribution in [1.29, 1.82) is 0 Å². The van der Waals surface area contributed by atoms with Gasteiger partial charge in [-0.3, -0.25) is 0 Å². The van der Waals surface area contributed by atoms with E-state index in [9.17, 15) is 13.9 Å². The van der Waals surface area contributed by atoms with Crippen LogP contribution >= 0.6 is 15.9 Å². The van der Waals surface area contributed by atoms with E-state index in [0.29, 0.717) is 19.4 Å². The highest BCUT2D eigenvalue weighted by Gasteiger charge is 2.16. The van der Waals surface area contributed by atoms with E-state index < -0.39 is 17.7 Å². The van der Waals surface area contributed by atoms with Gasteiger partial charge in [0.25, 0.3) is 0 Å². The average molecular weight is 309 g/mol. The molecule has 0 aliphatic heterocycles. The van der Waals surface area contributed by atoms with Gasteiger partial charge in [0, 0.05) is 25.7 Å². The van der Waals surface area contributed by atoms with Crippen molar-refractivity contribution in [3.8, 4) is 0 Å². The maximum atomic E-state index is 13.6. The maximum Gasteiger partial charge on any atom is 0.143 e. The number of hydrogen-bond acceptors (Lipinski definition) is 2. The van der Waals surface area contributed by atoms with E-state index in [4.69, 9.17) is 4.74 Å². The van der Waals surface area contributed by atoms with E-state index in [1.165, 1.54) is 12.1 Å². The van der Waals surface area contributed by atoms with Crippen LogP contribution in [0.2, 0.25) is 0 Å². The Morgan fingerprint density at radius 2 is 2.12 bits per heavy atom. The summed E-state index contributed by atoms with van der Waals surface area (Å²) in [5.74, 6) is -1.27. The molecule has 0 aliphatic rings. The molecular weight excluding hydrogens is 294 g/mol. The Labute approximate surface area is 108 Å². The standard InChI is InChI=1S/C12H15BrF2O2/c1-17-6-2-3-8(16)7-9-11(14)5-4-10(13)12(9)15/h4-5,8,16H,2-3,6-7H2,1H3. The van der Waals surface area contributed by atoms with Crippen molar-refractivity contribution >= 4 is 15.9 Å². The minimum absolute atomic E-state index is 0.0270. The lowest BCUT2D eigenvalue weighted by Gasteiger charge is -2.12. The van der Waals surface area contributed by atoms with E-state index in [0.717, 1.165) is 0 Å². The fourth-order valence-corrected chi connectivity index (χ4v) is 1.93. The first kappa shape index (κ1) is 14.5. The van der Waals surface area contributed by atoms with E-state index in [1.807, 2.05) is 0 Å². The topological polar surface area (TPSA) is 29.5 Å². The van der Waals surface area contributed by atoms with E-state index >= 15 is 0 Å². The number of methoxy groups -OCH3 is 1. The fourth-order valence-electron chi connectivity index (χ4n) is 1.56. The maximum absolute atomic E-state index is 13.6. The Morgan fingerprint density at radius 3 is 2.76 bits per heavy atom. The van der Waals surface area contributed by atoms with Gasteiger partial charge in [0.1, 0.15) is 11.6 Å². The van der Waals surface area contributed by atoms with Crippen LogP contribution in [0.4, 0.5) is 8.78 Å². The molecule has 2 nitrogen and oxygen atoms in total. The summed E-state index contributed by atoms with van der Waals surface area (Å²) in [4.78, 5) is 0. The predicted octanol–water partition coefficient (Wildman–Crippen LogP) is 3.06. The zero-order chi connectivity index (χ0) is 12.8. The minimum atomic E-state index is -0.761. The molecule has 1 atom stereocenters. The summed E-state index contributed by atoms with van der Waals surface area (Å²) in [6.45, 7) is 0.528. The molecule has 96 valence electrons. The first-order valence-corrected chi connectivity index (χ1v) is 6.15. The predicted molar refractivity (Wildman–Crippen MR) is 64.9 cm³/mol. The quantitative estimate of drug-likeness (QED) is 0.646. The monoisotopic (exact) mass is 308 g/mol. The van der Waals surface area contributed by atoms with Gasteiger partial charge in [-0.05, 0) is 40.9 Å². The molecule has 0 heterocycles. The molecule has 1 N–H and O–H groups in total. The van der Waals surface area contributed by atoms with Crippen LogP contribution in [0.5, 0.6) is 0 Å². The number of halogens is 3. The Bertz CT molecular complexity index is 372. The first-order chi connectivity index (χ1) is 8.06. The van der Waals surface area contributed by atoms with Crippen molar-refractivity contribution in [2.24, 2.45) is 0 Å². The van der Waals surface area contributed by atoms with Gasteiger partial charge in [0.2, 0.25) is 0 Å². The molecule has 0 amide bonds. The Kier molecular flexibility index (Phi) is 6.02. The van der Waals surface area contributed by atoms with Crippen molar-refractivity contribution in [2.45, 2.75) is 25.4 Å². The number of aliphatic hydroxyl groups excluding tert-OH is 1. The van der Waals surface area contributed by atoms with Crippen molar-refractivity contribution in [3.05, 3.63) is 33.8 Å². The van der Waals surface area contributed by atoms with Crippen LogP contribution in [0.1, 0.15) is 18.4 Å². The molecular formula is C12H15BrF2O2. The molecule has 17 heavy (non-hydrogen) atoms. The minimum Gasteiger partial charge on any atom is -0.393 e. The third kappa shape index (κ3) is 4.33. The molecule has 0 aliphatic carbocycles. The summed E-state index contributed by atoms with van der Waals surface area (Å²) < 4.78 is 32.0. The molecule has 5 heteroatoms. The molecule has 1 rings (SSSR count). The van der Waals surface area contributed by atoms with Crippen LogP contribution < -0.4 is 0 Å². The van der Waals surface area contributed by atoms with E-state index in [1.54, 1.807) is 7.11 Å². The fraction of sp³-hybridized carbons (Fsp3) is 0.500. The average Bonchev–Trinajstić information content (AvgIpc) is 2.30. The van der Waals surface area contributed by atoms with Crippen LogP contribution in [-0.4, -0.2) is 24.9 Å². The van der Waals surface area contributed by atoms with Gasteiger partial charge in [-0.25, -0.2) is 8.78 Å². The van der Waals surface area contributed by atoms with Crippen molar-refractivity contribution < 1.29 is 18.6 Å². The van der Waals surface area contributed by atoms with Gasteiger partial charge in [-0.1, -0.05) is 0 Å². The smallest absolute Gasteiger partial charge is 0.143 e. The summed E-state index contributed by atoms with van der Waals surface area (Å²) in [7, 11) is 1.57. The molecule has 0 fully saturated rings. The van der Waals surface area contributed by atoms with Crippen LogP contribution in [0.15, 0.2) is 16.6 Å². The Morgan fingerprint density at radius 1 is 1.41 bits per heavy atom. The van der Waals surface area contributed by atoms with Gasteiger partial charge in [-0.2, -0.15) is 0 Å². The molecule has 0 saturated heterocycles. The second kappa shape index (κ2) is 7.03. The molecule has 0 bridgehead atoms. The summed E-state index contributed by atoms with van der Waals surface area (Å²) in [5, 5.41) is 9.66. The third-order valence-electron chi connectivity index (χ3n) is 2.46. The molecule has 1 aromatic rings. The largest absolute Gasteiger partial charge is 0.393 e. The lowest BCUT2D eigenvalue weighted by atomic mass is 10.0. The zero-order valence-corrected chi connectivity index (χ0v) is 11.1. The van der Waals surface area contributed by atoms with Crippen molar-refractivity contribution in [3.63, 3.8) is 0 Å². The summed E-state index contributed by atoms with van der Waals surface area (Å²) in [6.07, 6.45) is 0.332. The number of ether oxygens (including phenoxy) is 1. The molecule has 0 aromatic heterocycles. The van der Waals surface area contributed by atoms with Crippen molar-refractivity contribution in [2.75, 3.05) is 13.7 Å². The van der Waals surface area contributed by atoms with Gasteiger partial charge >= 0.3 is 0 Å². The lowest BCUT2D eigenvalue weighted by molar-refractivity contribution is 0.133. The van der Waals surface area contributed by atoms with Crippen LogP contribution in [-0.2, 0) is 11.2 Å². The number of aliphatic hydroxyl groups is 1. The van der Waals surface area contributed by atoms with Gasteiger partial charge in [-0.15, -0.1) is 0 Å². The summed E-state index contributed by atoms with van der Waals surface area (Å²) in [6, 6.07) is 2.50. The second-order valence-corrected chi connectivity index (χ2v) is 4.67. The van der Waals surface area contributed by atoms with E-state index in [-0.39, 0.29) is 16.5 Å². The normalized spacial score (nSPS) is 12.8. The summed E-state index contributed by atoms with van der Waals surface area (Å²) in [5.41, 5.74) is -0.0794. The van der Waals surface area contributed by atoms with Crippen LogP contribution in [0.3, 0.4) is 0 Å². The van der Waals surface area contributed by atoms with Crippen LogP contribution in [0.25, 0.3) is 0 Å². The first-order valence-electron chi connectivity index (χ1n) is 5.35. The molecule has 0 radical (unpaired) electrons. The Balaban J connectivity index is 2.64. The molecule has 1 unspecified atom stereocenters. The van der Waals surface area contributed by atoms with Crippen LogP contribution in [0, 0.1) is 11.6 Å². The van der Waals surface area contributed by atoms with Gasteiger partial charge in [0.05, 0.1) is 10.6 Å². The molecule has 0 spiro atoms. The summed E-state index contributed by atoms with van der Waals surface area (Å²) >= 11 is 2.99. The SMILES string of the molecule is COCCCC(O)Cc1c(F)ccc(Br)c1F. The lowest BCUT2D eigenvalue weighted by Crippen LogP contribution is -2.14. The highest BCUT2D eigenvalue weighted by Crippen LogP contribution is 2.23. The van der Waals surface area contributed by atoms with Gasteiger partial charge < -0.3 is 9.84 Å². The van der Waals surface area contributed by atoms with E-state index in [2.05, 4.69) is 15.9 Å². The Hall–Kier alpha value is -0.520. The number of benzene rings is 1. The number of hydrogen-bond donors (Lipinski definition) is 1. The van der Waals surface area contributed by atoms with Gasteiger partial charge in [0.15, 0.2) is 0 Å². The van der Waals surface area contributed by atoms with Crippen molar-refractivity contribution in [1.82, 2.24) is 0 Å². The molecule has 1 aromatic carbocycles.